The largest absolute Gasteiger partial charge is 0.348 e. The fourth-order valence-electron chi connectivity index (χ4n) is 2.58. The number of rotatable bonds is 5. The van der Waals surface area contributed by atoms with Crippen LogP contribution in [0.2, 0.25) is 0 Å². The van der Waals surface area contributed by atoms with Crippen molar-refractivity contribution in [1.29, 1.82) is 0 Å². The fourth-order valence-corrected chi connectivity index (χ4v) is 2.58. The Morgan fingerprint density at radius 1 is 1.45 bits per heavy atom. The van der Waals surface area contributed by atoms with E-state index in [1.807, 2.05) is 0 Å². The Bertz CT molecular complexity index is 584. The number of nitrogens with one attached hydrogen (secondary N) is 1. The molecule has 1 saturated heterocycles. The molecule has 1 aromatic carbocycles. The number of nitro benzene ring substituents is 1. The van der Waals surface area contributed by atoms with Crippen LogP contribution in [0.3, 0.4) is 0 Å². The Balaban J connectivity index is 1.94. The highest BCUT2D eigenvalue weighted by molar-refractivity contribution is 5.92. The minimum Gasteiger partial charge on any atom is -0.348 e. The zero-order chi connectivity index (χ0) is 16.1. The third-order valence-corrected chi connectivity index (χ3v) is 3.84. The Kier molecular flexibility index (Phi) is 5.27. The van der Waals surface area contributed by atoms with Gasteiger partial charge in [0.2, 0.25) is 5.91 Å². The molecule has 1 unspecified atom stereocenters. The Morgan fingerprint density at radius 3 is 2.82 bits per heavy atom. The lowest BCUT2D eigenvalue weighted by molar-refractivity contribution is -0.385. The summed E-state index contributed by atoms with van der Waals surface area (Å²) in [5.41, 5.74) is 0.427. The molecule has 118 valence electrons. The van der Waals surface area contributed by atoms with Crippen molar-refractivity contribution in [2.24, 2.45) is 0 Å². The third kappa shape index (κ3) is 4.14. The lowest BCUT2D eigenvalue weighted by Crippen LogP contribution is -2.37. The predicted octanol–water partition coefficient (Wildman–Crippen LogP) is 2.21. The average molecular weight is 303 g/mol. The van der Waals surface area contributed by atoms with E-state index in [9.17, 15) is 14.9 Å². The number of amides is 1. The molecular formula is C16H21N3O3. The molecule has 1 aliphatic rings. The molecule has 1 aliphatic heterocycles. The van der Waals surface area contributed by atoms with E-state index in [1.165, 1.54) is 18.2 Å². The van der Waals surface area contributed by atoms with Gasteiger partial charge in [0.15, 0.2) is 0 Å². The summed E-state index contributed by atoms with van der Waals surface area (Å²) in [7, 11) is 0. The number of hydrogen-bond donors (Lipinski definition) is 1. The van der Waals surface area contributed by atoms with Crippen molar-refractivity contribution in [3.8, 4) is 0 Å². The minimum atomic E-state index is -0.449. The van der Waals surface area contributed by atoms with Crippen LogP contribution in [0.5, 0.6) is 0 Å². The van der Waals surface area contributed by atoms with Gasteiger partial charge in [0.1, 0.15) is 0 Å². The van der Waals surface area contributed by atoms with Crippen LogP contribution in [0.15, 0.2) is 30.3 Å². The predicted molar refractivity (Wildman–Crippen MR) is 85.4 cm³/mol. The molecule has 1 amide bonds. The average Bonchev–Trinajstić information content (AvgIpc) is 2.94. The number of hydrogen-bond acceptors (Lipinski definition) is 4. The monoisotopic (exact) mass is 303 g/mol. The number of para-hydroxylation sites is 1. The second-order valence-corrected chi connectivity index (χ2v) is 5.73. The molecule has 0 radical (unpaired) electrons. The van der Waals surface area contributed by atoms with Gasteiger partial charge in [0, 0.05) is 37.3 Å². The maximum Gasteiger partial charge on any atom is 0.276 e. The van der Waals surface area contributed by atoms with Crippen molar-refractivity contribution in [2.75, 3.05) is 13.1 Å². The van der Waals surface area contributed by atoms with Crippen LogP contribution in [-0.2, 0) is 4.79 Å². The Morgan fingerprint density at radius 2 is 2.18 bits per heavy atom. The Labute approximate surface area is 130 Å². The van der Waals surface area contributed by atoms with E-state index >= 15 is 0 Å². The zero-order valence-corrected chi connectivity index (χ0v) is 12.9. The van der Waals surface area contributed by atoms with Gasteiger partial charge in [0.05, 0.1) is 10.5 Å². The lowest BCUT2D eigenvalue weighted by Gasteiger charge is -2.20. The number of likely N-dealkylation sites (tertiary alicyclic amines) is 1. The van der Waals surface area contributed by atoms with E-state index in [0.29, 0.717) is 11.6 Å². The van der Waals surface area contributed by atoms with Gasteiger partial charge < -0.3 is 5.32 Å². The van der Waals surface area contributed by atoms with E-state index in [2.05, 4.69) is 24.1 Å². The molecule has 1 heterocycles. The summed E-state index contributed by atoms with van der Waals surface area (Å²) in [6.45, 7) is 6.11. The van der Waals surface area contributed by atoms with E-state index < -0.39 is 4.92 Å². The smallest absolute Gasteiger partial charge is 0.276 e. The van der Waals surface area contributed by atoms with Crippen LogP contribution in [0.1, 0.15) is 25.8 Å². The maximum absolute atomic E-state index is 11.9. The molecule has 0 aromatic heterocycles. The quantitative estimate of drug-likeness (QED) is 0.514. The van der Waals surface area contributed by atoms with Gasteiger partial charge in [-0.25, -0.2) is 0 Å². The minimum absolute atomic E-state index is 0.00148. The summed E-state index contributed by atoms with van der Waals surface area (Å²) >= 11 is 0. The van der Waals surface area contributed by atoms with Gasteiger partial charge in [-0.3, -0.25) is 19.8 Å². The summed E-state index contributed by atoms with van der Waals surface area (Å²) < 4.78 is 0. The van der Waals surface area contributed by atoms with Gasteiger partial charge in [-0.15, -0.1) is 0 Å². The first-order valence-corrected chi connectivity index (χ1v) is 7.43. The number of benzene rings is 1. The first-order valence-electron chi connectivity index (χ1n) is 7.43. The molecular weight excluding hydrogens is 282 g/mol. The molecule has 1 fully saturated rings. The third-order valence-electron chi connectivity index (χ3n) is 3.84. The molecule has 0 bridgehead atoms. The van der Waals surface area contributed by atoms with Crippen LogP contribution in [-0.4, -0.2) is 40.9 Å². The van der Waals surface area contributed by atoms with Gasteiger partial charge in [0.25, 0.3) is 5.69 Å². The summed E-state index contributed by atoms with van der Waals surface area (Å²) in [5, 5.41) is 13.9. The molecule has 22 heavy (non-hydrogen) atoms. The summed E-state index contributed by atoms with van der Waals surface area (Å²) in [5.74, 6) is -0.214. The maximum atomic E-state index is 11.9. The molecule has 0 aliphatic carbocycles. The SMILES string of the molecule is CC(C)N1CCC(NC(=O)C=Cc2ccccc2[N+](=O)[O-])C1. The van der Waals surface area contributed by atoms with Crippen LogP contribution in [0.25, 0.3) is 6.08 Å². The molecule has 2 rings (SSSR count). The first-order chi connectivity index (χ1) is 10.5. The van der Waals surface area contributed by atoms with Gasteiger partial charge in [-0.1, -0.05) is 12.1 Å². The number of carbonyl (C=O) groups is 1. The second kappa shape index (κ2) is 7.17. The molecule has 1 atom stereocenters. The fraction of sp³-hybridized carbons (Fsp3) is 0.438. The van der Waals surface area contributed by atoms with E-state index in [0.717, 1.165) is 19.5 Å². The van der Waals surface area contributed by atoms with E-state index in [4.69, 9.17) is 0 Å². The van der Waals surface area contributed by atoms with Crippen molar-refractivity contribution in [2.45, 2.75) is 32.4 Å². The van der Waals surface area contributed by atoms with Crippen molar-refractivity contribution >= 4 is 17.7 Å². The molecule has 0 saturated carbocycles. The van der Waals surface area contributed by atoms with Crippen LogP contribution >= 0.6 is 0 Å². The summed E-state index contributed by atoms with van der Waals surface area (Å²) in [6.07, 6.45) is 3.78. The number of nitro groups is 1. The summed E-state index contributed by atoms with van der Waals surface area (Å²) in [4.78, 5) is 24.7. The second-order valence-electron chi connectivity index (χ2n) is 5.73. The molecule has 6 nitrogen and oxygen atoms in total. The van der Waals surface area contributed by atoms with E-state index in [-0.39, 0.29) is 17.6 Å². The Hall–Kier alpha value is -2.21. The molecule has 1 N–H and O–H groups in total. The first kappa shape index (κ1) is 16.2. The van der Waals surface area contributed by atoms with Crippen molar-refractivity contribution < 1.29 is 9.72 Å². The van der Waals surface area contributed by atoms with Crippen molar-refractivity contribution in [3.63, 3.8) is 0 Å². The number of nitrogens with zero attached hydrogens (tertiary/aromatic N) is 2. The van der Waals surface area contributed by atoms with Crippen LogP contribution in [0, 0.1) is 10.1 Å². The highest BCUT2D eigenvalue weighted by Crippen LogP contribution is 2.19. The molecule has 6 heteroatoms. The normalized spacial score (nSPS) is 19.0. The lowest BCUT2D eigenvalue weighted by atomic mass is 10.1. The standard InChI is InChI=1S/C16H21N3O3/c1-12(2)18-10-9-14(11-18)17-16(20)8-7-13-5-3-4-6-15(13)19(21)22/h3-8,12,14H,9-11H2,1-2H3,(H,17,20). The van der Waals surface area contributed by atoms with Gasteiger partial charge in [-0.2, -0.15) is 0 Å². The highest BCUT2D eigenvalue weighted by atomic mass is 16.6. The van der Waals surface area contributed by atoms with Crippen molar-refractivity contribution in [3.05, 3.63) is 46.0 Å². The molecule has 0 spiro atoms. The zero-order valence-electron chi connectivity index (χ0n) is 12.9. The highest BCUT2D eigenvalue weighted by Gasteiger charge is 2.24. The molecule has 1 aromatic rings. The topological polar surface area (TPSA) is 75.5 Å². The van der Waals surface area contributed by atoms with Crippen LogP contribution in [0.4, 0.5) is 5.69 Å². The van der Waals surface area contributed by atoms with Gasteiger partial charge in [-0.05, 0) is 32.4 Å². The van der Waals surface area contributed by atoms with E-state index in [1.54, 1.807) is 18.2 Å². The summed E-state index contributed by atoms with van der Waals surface area (Å²) in [6, 6.07) is 6.98. The van der Waals surface area contributed by atoms with Gasteiger partial charge >= 0.3 is 0 Å². The van der Waals surface area contributed by atoms with Crippen LogP contribution < -0.4 is 5.32 Å². The number of carbonyl (C=O) groups excluding carboxylic acids is 1. The van der Waals surface area contributed by atoms with Crippen molar-refractivity contribution in [1.82, 2.24) is 10.2 Å².